The van der Waals surface area contributed by atoms with Gasteiger partial charge in [0.2, 0.25) is 0 Å². The maximum absolute atomic E-state index is 6.52. The minimum absolute atomic E-state index is 0.828. The molecule has 0 aliphatic rings. The highest BCUT2D eigenvalue weighted by molar-refractivity contribution is 6.25. The van der Waals surface area contributed by atoms with Gasteiger partial charge in [0.25, 0.3) is 0 Å². The summed E-state index contributed by atoms with van der Waals surface area (Å²) in [6, 6.07) is 60.8. The van der Waals surface area contributed by atoms with E-state index in [1.165, 1.54) is 54.6 Å². The van der Waals surface area contributed by atoms with Crippen LogP contribution >= 0.6 is 0 Å². The quantitative estimate of drug-likeness (QED) is 0.176. The smallest absolute Gasteiger partial charge is 0.159 e. The topological polar surface area (TPSA) is 29.3 Å². The average molecular weight is 639 g/mol. The van der Waals surface area contributed by atoms with E-state index >= 15 is 0 Å². The number of aromatic nitrogens is 1. The fourth-order valence-corrected chi connectivity index (χ4v) is 7.55. The summed E-state index contributed by atoms with van der Waals surface area (Å²) >= 11 is 0. The highest BCUT2D eigenvalue weighted by Crippen LogP contribution is 2.43. The molecule has 234 valence electrons. The van der Waals surface area contributed by atoms with E-state index in [-0.39, 0.29) is 0 Å². The Morgan fingerprint density at radius 1 is 0.380 bits per heavy atom. The molecule has 0 aliphatic carbocycles. The number of anilines is 3. The van der Waals surface area contributed by atoms with Crippen LogP contribution in [0, 0.1) is 0 Å². The molecule has 50 heavy (non-hydrogen) atoms. The zero-order valence-corrected chi connectivity index (χ0v) is 27.1. The summed E-state index contributed by atoms with van der Waals surface area (Å²) in [7, 11) is 0. The van der Waals surface area contributed by atoms with E-state index in [9.17, 15) is 0 Å². The molecule has 2 heterocycles. The van der Waals surface area contributed by atoms with Gasteiger partial charge >= 0.3 is 0 Å². The van der Waals surface area contributed by atoms with Crippen molar-refractivity contribution in [3.8, 4) is 22.3 Å². The van der Waals surface area contributed by atoms with Crippen LogP contribution in [0.4, 0.5) is 17.1 Å². The third kappa shape index (κ3) is 4.56. The number of nitrogens with zero attached hydrogens (tertiary/aromatic N) is 2. The first-order valence-corrected chi connectivity index (χ1v) is 16.9. The van der Waals surface area contributed by atoms with Gasteiger partial charge in [-0.1, -0.05) is 127 Å². The molecule has 0 atom stereocenters. The largest absolute Gasteiger partial charge is 0.454 e. The first kappa shape index (κ1) is 28.3. The van der Waals surface area contributed by atoms with Gasteiger partial charge in [0.15, 0.2) is 5.58 Å². The van der Waals surface area contributed by atoms with E-state index in [2.05, 4.69) is 174 Å². The third-order valence-electron chi connectivity index (χ3n) is 9.95. The van der Waals surface area contributed by atoms with Crippen LogP contribution in [0.15, 0.2) is 187 Å². The van der Waals surface area contributed by atoms with Crippen molar-refractivity contribution >= 4 is 71.3 Å². The maximum atomic E-state index is 6.52. The van der Waals surface area contributed by atoms with Gasteiger partial charge in [-0.05, 0) is 97.0 Å². The molecule has 10 aromatic rings. The molecule has 0 saturated carbocycles. The second kappa shape index (κ2) is 11.5. The summed E-state index contributed by atoms with van der Waals surface area (Å²) in [4.78, 5) is 6.67. The molecule has 3 nitrogen and oxygen atoms in total. The fraction of sp³-hybridized carbons (Fsp3) is 0. The number of hydrogen-bond donors (Lipinski definition) is 0. The van der Waals surface area contributed by atoms with Crippen LogP contribution in [0.2, 0.25) is 0 Å². The number of fused-ring (bicyclic) bond motifs is 9. The molecule has 0 spiro atoms. The van der Waals surface area contributed by atoms with Crippen molar-refractivity contribution in [3.63, 3.8) is 0 Å². The maximum Gasteiger partial charge on any atom is 0.159 e. The van der Waals surface area contributed by atoms with E-state index < -0.39 is 0 Å². The molecule has 8 aromatic carbocycles. The minimum Gasteiger partial charge on any atom is -0.454 e. The number of hydrogen-bond acceptors (Lipinski definition) is 3. The molecule has 0 unspecified atom stereocenters. The lowest BCUT2D eigenvalue weighted by Crippen LogP contribution is -2.10. The van der Waals surface area contributed by atoms with Crippen molar-refractivity contribution in [1.82, 2.24) is 4.98 Å². The predicted molar refractivity (Wildman–Crippen MR) is 210 cm³/mol. The van der Waals surface area contributed by atoms with Crippen molar-refractivity contribution in [3.05, 3.63) is 182 Å². The van der Waals surface area contributed by atoms with Crippen molar-refractivity contribution in [2.75, 3.05) is 4.90 Å². The lowest BCUT2D eigenvalue weighted by atomic mass is 9.92. The van der Waals surface area contributed by atoms with Crippen molar-refractivity contribution in [2.45, 2.75) is 0 Å². The minimum atomic E-state index is 0.828. The molecule has 0 N–H and O–H groups in total. The van der Waals surface area contributed by atoms with Crippen LogP contribution in [0.5, 0.6) is 0 Å². The van der Waals surface area contributed by atoms with E-state index in [0.717, 1.165) is 39.0 Å². The van der Waals surface area contributed by atoms with Gasteiger partial charge in [0.1, 0.15) is 5.58 Å². The number of pyridine rings is 1. The van der Waals surface area contributed by atoms with Crippen LogP contribution in [-0.2, 0) is 0 Å². The van der Waals surface area contributed by atoms with Crippen molar-refractivity contribution < 1.29 is 4.42 Å². The molecule has 0 saturated heterocycles. The Morgan fingerprint density at radius 3 is 1.56 bits per heavy atom. The zero-order chi connectivity index (χ0) is 33.0. The number of rotatable bonds is 5. The Morgan fingerprint density at radius 2 is 0.900 bits per heavy atom. The summed E-state index contributed by atoms with van der Waals surface area (Å²) in [6.45, 7) is 0. The van der Waals surface area contributed by atoms with Crippen molar-refractivity contribution in [1.29, 1.82) is 0 Å². The van der Waals surface area contributed by atoms with Gasteiger partial charge in [0, 0.05) is 34.5 Å². The second-order valence-electron chi connectivity index (χ2n) is 12.8. The highest BCUT2D eigenvalue weighted by Gasteiger charge is 2.20. The monoisotopic (exact) mass is 638 g/mol. The number of furan rings is 1. The molecule has 10 rings (SSSR count). The van der Waals surface area contributed by atoms with Gasteiger partial charge in [0.05, 0.1) is 5.69 Å². The van der Waals surface area contributed by atoms with Crippen LogP contribution in [-0.4, -0.2) is 4.98 Å². The van der Waals surface area contributed by atoms with Crippen LogP contribution in [0.3, 0.4) is 0 Å². The molecule has 0 aliphatic heterocycles. The Balaban J connectivity index is 1.11. The lowest BCUT2D eigenvalue weighted by Gasteiger charge is -2.26. The van der Waals surface area contributed by atoms with Gasteiger partial charge in [-0.3, -0.25) is 4.98 Å². The molecular weight excluding hydrogens is 609 g/mol. The highest BCUT2D eigenvalue weighted by atomic mass is 16.3. The normalized spacial score (nSPS) is 11.6. The van der Waals surface area contributed by atoms with Crippen LogP contribution in [0.25, 0.3) is 76.5 Å². The summed E-state index contributed by atoms with van der Waals surface area (Å²) < 4.78 is 6.52. The zero-order valence-electron chi connectivity index (χ0n) is 27.1. The Labute approximate surface area is 289 Å². The first-order chi connectivity index (χ1) is 24.8. The van der Waals surface area contributed by atoms with Gasteiger partial charge in [-0.15, -0.1) is 0 Å². The first-order valence-electron chi connectivity index (χ1n) is 16.9. The standard InChI is InChI=1S/C47H30N2O/c1-2-9-31(10-3-1)32-17-22-35(23-18-32)49(45-16-8-15-42-44-30-48-28-27-46(44)50-47(42)45)36-24-19-33(20-25-36)34-21-26-41-39-13-5-4-11-37(39)38-12-6-7-14-40(38)43(41)29-34/h1-30H. The lowest BCUT2D eigenvalue weighted by molar-refractivity contribution is 0.668. The molecule has 3 heteroatoms. The van der Waals surface area contributed by atoms with Gasteiger partial charge in [-0.2, -0.15) is 0 Å². The summed E-state index contributed by atoms with van der Waals surface area (Å²) in [5, 5.41) is 9.74. The van der Waals surface area contributed by atoms with E-state index in [1.807, 2.05) is 12.3 Å². The van der Waals surface area contributed by atoms with Crippen molar-refractivity contribution in [2.24, 2.45) is 0 Å². The molecule has 2 aromatic heterocycles. The predicted octanol–water partition coefficient (Wildman–Crippen LogP) is 13.2. The molecule has 0 amide bonds. The number of benzene rings is 8. The second-order valence-corrected chi connectivity index (χ2v) is 12.8. The molecule has 0 fully saturated rings. The Hall–Kier alpha value is -6.71. The van der Waals surface area contributed by atoms with Gasteiger partial charge < -0.3 is 9.32 Å². The van der Waals surface area contributed by atoms with Gasteiger partial charge in [-0.25, -0.2) is 0 Å². The van der Waals surface area contributed by atoms with E-state index in [1.54, 1.807) is 6.20 Å². The summed E-state index contributed by atoms with van der Waals surface area (Å²) in [6.07, 6.45) is 3.66. The molecule has 0 radical (unpaired) electrons. The Bertz CT molecular complexity index is 2820. The van der Waals surface area contributed by atoms with E-state index in [0.29, 0.717) is 0 Å². The van der Waals surface area contributed by atoms with E-state index in [4.69, 9.17) is 4.42 Å². The molecule has 0 bridgehead atoms. The van der Waals surface area contributed by atoms with Crippen LogP contribution in [0.1, 0.15) is 0 Å². The summed E-state index contributed by atoms with van der Waals surface area (Å²) in [5.41, 5.74) is 9.46. The Kier molecular flexibility index (Phi) is 6.49. The fourth-order valence-electron chi connectivity index (χ4n) is 7.55. The third-order valence-corrected chi connectivity index (χ3v) is 9.95. The SMILES string of the molecule is c1ccc(-c2ccc(N(c3ccc(-c4ccc5c6ccccc6c6ccccc6c5c4)cc3)c3cccc4c3oc3ccncc34)cc2)cc1. The number of para-hydroxylation sites is 1. The molecular formula is C47H30N2O. The summed E-state index contributed by atoms with van der Waals surface area (Å²) in [5.74, 6) is 0. The van der Waals surface area contributed by atoms with Crippen LogP contribution < -0.4 is 4.90 Å². The average Bonchev–Trinajstić information content (AvgIpc) is 3.58.